The Bertz CT molecular complexity index is 503. The number of imidazole rings is 1. The molecule has 2 heterocycles. The Morgan fingerprint density at radius 1 is 1.53 bits per heavy atom. The highest BCUT2D eigenvalue weighted by Gasteiger charge is 2.10. The first-order valence-electron chi connectivity index (χ1n) is 4.68. The maximum atomic E-state index is 11.0. The van der Waals surface area contributed by atoms with E-state index in [9.17, 15) is 4.79 Å². The number of aromatic nitrogens is 2. The standard InChI is InChI=1S/C11H12N2O2/c1-8-3-4-11-12-9(7-15-2)10(6-14)13(11)5-8/h3-6H,7H2,1-2H3. The van der Waals surface area contributed by atoms with Crippen molar-refractivity contribution in [1.29, 1.82) is 0 Å². The second kappa shape index (κ2) is 3.82. The smallest absolute Gasteiger partial charge is 0.168 e. The van der Waals surface area contributed by atoms with Crippen LogP contribution in [0.1, 0.15) is 21.7 Å². The van der Waals surface area contributed by atoms with Crippen LogP contribution in [0.4, 0.5) is 0 Å². The van der Waals surface area contributed by atoms with E-state index in [0.717, 1.165) is 17.5 Å². The van der Waals surface area contributed by atoms with E-state index in [1.54, 1.807) is 11.5 Å². The summed E-state index contributed by atoms with van der Waals surface area (Å²) in [6, 6.07) is 3.86. The van der Waals surface area contributed by atoms with Gasteiger partial charge < -0.3 is 4.74 Å². The lowest BCUT2D eigenvalue weighted by Gasteiger charge is -1.97. The summed E-state index contributed by atoms with van der Waals surface area (Å²) in [6.45, 7) is 2.33. The van der Waals surface area contributed by atoms with Crippen LogP contribution in [0.15, 0.2) is 18.3 Å². The fraction of sp³-hybridized carbons (Fsp3) is 0.273. The molecule has 0 fully saturated rings. The van der Waals surface area contributed by atoms with Crippen molar-refractivity contribution >= 4 is 11.9 Å². The van der Waals surface area contributed by atoms with Gasteiger partial charge in [0.25, 0.3) is 0 Å². The molecule has 4 heteroatoms. The summed E-state index contributed by atoms with van der Waals surface area (Å²) in [5.41, 5.74) is 3.11. The van der Waals surface area contributed by atoms with Crippen molar-refractivity contribution < 1.29 is 9.53 Å². The molecule has 0 spiro atoms. The molecule has 4 nitrogen and oxygen atoms in total. The highest BCUT2D eigenvalue weighted by Crippen LogP contribution is 2.13. The minimum atomic E-state index is 0.356. The minimum Gasteiger partial charge on any atom is -0.378 e. The molecule has 0 saturated heterocycles. The normalized spacial score (nSPS) is 10.8. The van der Waals surface area contributed by atoms with Gasteiger partial charge in [0.15, 0.2) is 6.29 Å². The van der Waals surface area contributed by atoms with E-state index in [1.807, 2.05) is 25.3 Å². The summed E-state index contributed by atoms with van der Waals surface area (Å²) in [5.74, 6) is 0. The number of ether oxygens (including phenoxy) is 1. The van der Waals surface area contributed by atoms with Gasteiger partial charge in [-0.25, -0.2) is 4.98 Å². The lowest BCUT2D eigenvalue weighted by molar-refractivity contribution is 0.111. The number of aldehydes is 1. The number of aryl methyl sites for hydroxylation is 1. The minimum absolute atomic E-state index is 0.356. The number of carbonyl (C=O) groups excluding carboxylic acids is 1. The first-order chi connectivity index (χ1) is 7.26. The van der Waals surface area contributed by atoms with Gasteiger partial charge in [0.2, 0.25) is 0 Å². The zero-order chi connectivity index (χ0) is 10.8. The van der Waals surface area contributed by atoms with E-state index in [1.165, 1.54) is 0 Å². The number of nitrogens with zero attached hydrogens (tertiary/aromatic N) is 2. The summed E-state index contributed by atoms with van der Waals surface area (Å²) in [5, 5.41) is 0. The fourth-order valence-electron chi connectivity index (χ4n) is 1.59. The van der Waals surface area contributed by atoms with E-state index in [2.05, 4.69) is 4.98 Å². The van der Waals surface area contributed by atoms with Crippen molar-refractivity contribution in [3.63, 3.8) is 0 Å². The predicted molar refractivity (Wildman–Crippen MR) is 56.0 cm³/mol. The van der Waals surface area contributed by atoms with Gasteiger partial charge in [-0.15, -0.1) is 0 Å². The molecular formula is C11H12N2O2. The van der Waals surface area contributed by atoms with Gasteiger partial charge >= 0.3 is 0 Å². The monoisotopic (exact) mass is 204 g/mol. The third-order valence-electron chi connectivity index (χ3n) is 2.27. The average molecular weight is 204 g/mol. The molecule has 0 amide bonds. The molecule has 2 aromatic rings. The maximum absolute atomic E-state index is 11.0. The second-order valence-electron chi connectivity index (χ2n) is 3.43. The second-order valence-corrected chi connectivity index (χ2v) is 3.43. The van der Waals surface area contributed by atoms with Gasteiger partial charge in [0.1, 0.15) is 11.3 Å². The van der Waals surface area contributed by atoms with Crippen LogP contribution in [0.25, 0.3) is 5.65 Å². The van der Waals surface area contributed by atoms with Crippen LogP contribution < -0.4 is 0 Å². The molecule has 15 heavy (non-hydrogen) atoms. The van der Waals surface area contributed by atoms with E-state index in [4.69, 9.17) is 4.74 Å². The number of hydrogen-bond acceptors (Lipinski definition) is 3. The van der Waals surface area contributed by atoms with Crippen LogP contribution in [-0.4, -0.2) is 22.8 Å². The molecule has 0 saturated carbocycles. The van der Waals surface area contributed by atoms with Crippen LogP contribution in [0, 0.1) is 6.92 Å². The number of methoxy groups -OCH3 is 1. The summed E-state index contributed by atoms with van der Waals surface area (Å²) in [7, 11) is 1.59. The first kappa shape index (κ1) is 9.86. The first-order valence-corrected chi connectivity index (χ1v) is 4.68. The fourth-order valence-corrected chi connectivity index (χ4v) is 1.59. The van der Waals surface area contributed by atoms with Crippen LogP contribution in [0.2, 0.25) is 0 Å². The number of carbonyl (C=O) groups is 1. The Balaban J connectivity index is 2.68. The number of hydrogen-bond donors (Lipinski definition) is 0. The van der Waals surface area contributed by atoms with Crippen molar-refractivity contribution in [3.05, 3.63) is 35.3 Å². The van der Waals surface area contributed by atoms with Crippen molar-refractivity contribution in [2.75, 3.05) is 7.11 Å². The zero-order valence-corrected chi connectivity index (χ0v) is 8.73. The third kappa shape index (κ3) is 1.64. The van der Waals surface area contributed by atoms with E-state index in [0.29, 0.717) is 18.0 Å². The Morgan fingerprint density at radius 2 is 2.33 bits per heavy atom. The Morgan fingerprint density at radius 3 is 3.00 bits per heavy atom. The number of fused-ring (bicyclic) bond motifs is 1. The molecule has 0 aliphatic carbocycles. The van der Waals surface area contributed by atoms with E-state index >= 15 is 0 Å². The lowest BCUT2D eigenvalue weighted by atomic mass is 10.3. The molecular weight excluding hydrogens is 192 g/mol. The molecule has 0 aliphatic rings. The highest BCUT2D eigenvalue weighted by molar-refractivity contribution is 5.76. The highest BCUT2D eigenvalue weighted by atomic mass is 16.5. The number of rotatable bonds is 3. The van der Waals surface area contributed by atoms with E-state index in [-0.39, 0.29) is 0 Å². The molecule has 0 atom stereocenters. The SMILES string of the molecule is COCc1nc2ccc(C)cn2c1C=O. The van der Waals surface area contributed by atoms with Crippen LogP contribution in [0.5, 0.6) is 0 Å². The Kier molecular flexibility index (Phi) is 2.51. The summed E-state index contributed by atoms with van der Waals surface area (Å²) in [4.78, 5) is 15.3. The van der Waals surface area contributed by atoms with Gasteiger partial charge in [0.05, 0.1) is 12.3 Å². The molecule has 2 rings (SSSR count). The summed E-state index contributed by atoms with van der Waals surface area (Å²) in [6.07, 6.45) is 2.71. The van der Waals surface area contributed by atoms with Crippen LogP contribution >= 0.6 is 0 Å². The summed E-state index contributed by atoms with van der Waals surface area (Å²) >= 11 is 0. The molecule has 0 radical (unpaired) electrons. The van der Waals surface area contributed by atoms with Crippen molar-refractivity contribution in [2.24, 2.45) is 0 Å². The molecule has 0 aromatic carbocycles. The molecule has 0 unspecified atom stereocenters. The molecule has 0 aliphatic heterocycles. The topological polar surface area (TPSA) is 43.6 Å². The lowest BCUT2D eigenvalue weighted by Crippen LogP contribution is -1.96. The predicted octanol–water partition coefficient (Wildman–Crippen LogP) is 1.60. The van der Waals surface area contributed by atoms with E-state index < -0.39 is 0 Å². The molecule has 0 N–H and O–H groups in total. The average Bonchev–Trinajstić information content (AvgIpc) is 2.55. The Hall–Kier alpha value is -1.68. The quantitative estimate of drug-likeness (QED) is 0.713. The van der Waals surface area contributed by atoms with Crippen LogP contribution in [0.3, 0.4) is 0 Å². The van der Waals surface area contributed by atoms with Gasteiger partial charge in [-0.1, -0.05) is 6.07 Å². The maximum Gasteiger partial charge on any atom is 0.168 e. The molecule has 78 valence electrons. The van der Waals surface area contributed by atoms with Crippen molar-refractivity contribution in [2.45, 2.75) is 13.5 Å². The van der Waals surface area contributed by atoms with Gasteiger partial charge in [-0.3, -0.25) is 9.20 Å². The number of pyridine rings is 1. The molecule has 2 aromatic heterocycles. The van der Waals surface area contributed by atoms with Gasteiger partial charge in [0, 0.05) is 13.3 Å². The summed E-state index contributed by atoms with van der Waals surface area (Å²) < 4.78 is 6.78. The Labute approximate surface area is 87.5 Å². The zero-order valence-electron chi connectivity index (χ0n) is 8.73. The van der Waals surface area contributed by atoms with Crippen molar-refractivity contribution in [3.8, 4) is 0 Å². The largest absolute Gasteiger partial charge is 0.378 e. The van der Waals surface area contributed by atoms with Crippen molar-refractivity contribution in [1.82, 2.24) is 9.38 Å². The van der Waals surface area contributed by atoms with Gasteiger partial charge in [-0.05, 0) is 18.6 Å². The van der Waals surface area contributed by atoms with Crippen LogP contribution in [-0.2, 0) is 11.3 Å². The van der Waals surface area contributed by atoms with Gasteiger partial charge in [-0.2, -0.15) is 0 Å². The third-order valence-corrected chi connectivity index (χ3v) is 2.27. The molecule has 0 bridgehead atoms.